The highest BCUT2D eigenvalue weighted by Crippen LogP contribution is 2.34. The first-order valence-electron chi connectivity index (χ1n) is 6.74. The largest absolute Gasteiger partial charge is 0.391 e. The number of carbonyl (C=O) groups excluding carboxylic acids is 1. The monoisotopic (exact) mass is 342 g/mol. The molecule has 1 aliphatic heterocycles. The molecule has 2 aromatic rings. The number of aliphatic hydroxyl groups excluding tert-OH is 1. The molecule has 1 saturated heterocycles. The second-order valence-corrected chi connectivity index (χ2v) is 6.04. The topological polar surface area (TPSA) is 56.3 Å². The van der Waals surface area contributed by atoms with E-state index >= 15 is 0 Å². The number of nitrogens with one attached hydrogen (secondary N) is 1. The maximum absolute atomic E-state index is 13.1. The molecule has 1 aliphatic rings. The second-order valence-electron chi connectivity index (χ2n) is 5.26. The lowest BCUT2D eigenvalue weighted by Crippen LogP contribution is -2.32. The van der Waals surface area contributed by atoms with Crippen LogP contribution in [-0.2, 0) is 0 Å². The average Bonchev–Trinajstić information content (AvgIpc) is 3.03. The quantitative estimate of drug-likeness (QED) is 0.878. The van der Waals surface area contributed by atoms with Gasteiger partial charge in [-0.2, -0.15) is 0 Å². The standard InChI is InChI=1S/C15H13Cl2FN2O2/c16-11-6-12(19-14(11)17)15(22)20-7-10(21)5-13(20)8-1-3-9(18)4-2-8/h1-4,6,10,13,19,21H,5,7H2/t10-,13-/m1/s1. The van der Waals surface area contributed by atoms with E-state index in [1.54, 1.807) is 12.1 Å². The van der Waals surface area contributed by atoms with Gasteiger partial charge in [-0.1, -0.05) is 35.3 Å². The molecule has 4 nitrogen and oxygen atoms in total. The number of aromatic nitrogens is 1. The van der Waals surface area contributed by atoms with Crippen LogP contribution in [0.5, 0.6) is 0 Å². The third kappa shape index (κ3) is 2.84. The predicted octanol–water partition coefficient (Wildman–Crippen LogP) is 3.41. The van der Waals surface area contributed by atoms with E-state index in [1.807, 2.05) is 0 Å². The minimum atomic E-state index is -0.625. The summed E-state index contributed by atoms with van der Waals surface area (Å²) in [6.07, 6.45) is -0.223. The Hall–Kier alpha value is -1.56. The fraction of sp³-hybridized carbons (Fsp3) is 0.267. The Morgan fingerprint density at radius 1 is 1.32 bits per heavy atom. The van der Waals surface area contributed by atoms with Crippen LogP contribution in [0, 0.1) is 5.82 Å². The number of benzene rings is 1. The summed E-state index contributed by atoms with van der Waals surface area (Å²) in [5, 5.41) is 10.4. The lowest BCUT2D eigenvalue weighted by atomic mass is 10.0. The van der Waals surface area contributed by atoms with Crippen molar-refractivity contribution in [1.82, 2.24) is 9.88 Å². The summed E-state index contributed by atoms with van der Waals surface area (Å²) in [5.74, 6) is -0.650. The van der Waals surface area contributed by atoms with Gasteiger partial charge in [-0.25, -0.2) is 4.39 Å². The summed E-state index contributed by atoms with van der Waals surface area (Å²) < 4.78 is 13.1. The van der Waals surface area contributed by atoms with Crippen molar-refractivity contribution in [3.05, 3.63) is 57.6 Å². The molecule has 0 spiro atoms. The van der Waals surface area contributed by atoms with Gasteiger partial charge in [0.05, 0.1) is 17.2 Å². The molecule has 3 rings (SSSR count). The molecule has 0 unspecified atom stereocenters. The van der Waals surface area contributed by atoms with Gasteiger partial charge >= 0.3 is 0 Å². The number of aliphatic hydroxyl groups is 1. The molecule has 2 N–H and O–H groups in total. The number of likely N-dealkylation sites (tertiary alicyclic amines) is 1. The number of carbonyl (C=O) groups is 1. The summed E-state index contributed by atoms with van der Waals surface area (Å²) in [7, 11) is 0. The zero-order valence-electron chi connectivity index (χ0n) is 11.4. The molecule has 2 heterocycles. The van der Waals surface area contributed by atoms with Crippen molar-refractivity contribution in [2.75, 3.05) is 6.54 Å². The number of nitrogens with zero attached hydrogens (tertiary/aromatic N) is 1. The summed E-state index contributed by atoms with van der Waals surface area (Å²) in [6.45, 7) is 0.204. The molecule has 0 saturated carbocycles. The number of H-pyrrole nitrogens is 1. The molecule has 1 amide bonds. The SMILES string of the molecule is O=C(c1cc(Cl)c(Cl)[nH]1)N1C[C@H](O)C[C@@H]1c1ccc(F)cc1. The lowest BCUT2D eigenvalue weighted by Gasteiger charge is -2.24. The van der Waals surface area contributed by atoms with Gasteiger partial charge in [-0.15, -0.1) is 0 Å². The van der Waals surface area contributed by atoms with Crippen LogP contribution in [0.3, 0.4) is 0 Å². The molecule has 2 atom stereocenters. The maximum Gasteiger partial charge on any atom is 0.270 e. The Morgan fingerprint density at radius 3 is 2.59 bits per heavy atom. The minimum Gasteiger partial charge on any atom is -0.391 e. The van der Waals surface area contributed by atoms with Crippen LogP contribution in [0.15, 0.2) is 30.3 Å². The van der Waals surface area contributed by atoms with Gasteiger partial charge in [0.2, 0.25) is 0 Å². The molecule has 1 aromatic carbocycles. The molecule has 22 heavy (non-hydrogen) atoms. The molecule has 7 heteroatoms. The van der Waals surface area contributed by atoms with Crippen molar-refractivity contribution in [1.29, 1.82) is 0 Å². The van der Waals surface area contributed by atoms with Gasteiger partial charge < -0.3 is 15.0 Å². The van der Waals surface area contributed by atoms with Gasteiger partial charge in [0.1, 0.15) is 16.7 Å². The first-order chi connectivity index (χ1) is 10.5. The van der Waals surface area contributed by atoms with Crippen LogP contribution in [0.25, 0.3) is 0 Å². The number of amides is 1. The van der Waals surface area contributed by atoms with E-state index in [0.717, 1.165) is 5.56 Å². The molecule has 0 bridgehead atoms. The smallest absolute Gasteiger partial charge is 0.270 e. The fourth-order valence-corrected chi connectivity index (χ4v) is 3.03. The second kappa shape index (κ2) is 5.91. The predicted molar refractivity (Wildman–Crippen MR) is 81.6 cm³/mol. The molecule has 1 fully saturated rings. The number of halogens is 3. The van der Waals surface area contributed by atoms with Crippen LogP contribution < -0.4 is 0 Å². The molecular formula is C15H13Cl2FN2O2. The van der Waals surface area contributed by atoms with E-state index in [9.17, 15) is 14.3 Å². The van der Waals surface area contributed by atoms with Gasteiger partial charge in [0.15, 0.2) is 0 Å². The third-order valence-electron chi connectivity index (χ3n) is 3.75. The first kappa shape index (κ1) is 15.3. The average molecular weight is 343 g/mol. The maximum atomic E-state index is 13.1. The van der Waals surface area contributed by atoms with Gasteiger partial charge in [-0.05, 0) is 30.2 Å². The first-order valence-corrected chi connectivity index (χ1v) is 7.50. The van der Waals surface area contributed by atoms with Crippen LogP contribution >= 0.6 is 23.2 Å². The van der Waals surface area contributed by atoms with Gasteiger partial charge in [0.25, 0.3) is 5.91 Å². The lowest BCUT2D eigenvalue weighted by molar-refractivity contribution is 0.0710. The van der Waals surface area contributed by atoms with Crippen molar-refractivity contribution in [3.8, 4) is 0 Å². The van der Waals surface area contributed by atoms with E-state index in [1.165, 1.54) is 23.1 Å². The zero-order chi connectivity index (χ0) is 15.9. The number of rotatable bonds is 2. The number of aromatic amines is 1. The summed E-state index contributed by atoms with van der Waals surface area (Å²) in [5.41, 5.74) is 1.03. The van der Waals surface area contributed by atoms with E-state index in [0.29, 0.717) is 6.42 Å². The van der Waals surface area contributed by atoms with Crippen molar-refractivity contribution in [3.63, 3.8) is 0 Å². The Morgan fingerprint density at radius 2 is 2.00 bits per heavy atom. The number of β-amino-alcohol motifs (C(OH)–C–C–N with tert-alkyl or cyclic N) is 1. The number of hydrogen-bond acceptors (Lipinski definition) is 2. The Kier molecular flexibility index (Phi) is 4.12. The third-order valence-corrected chi connectivity index (χ3v) is 4.44. The van der Waals surface area contributed by atoms with Crippen molar-refractivity contribution in [2.24, 2.45) is 0 Å². The van der Waals surface area contributed by atoms with E-state index in [2.05, 4.69) is 4.98 Å². The molecule has 1 aromatic heterocycles. The van der Waals surface area contributed by atoms with Crippen LogP contribution in [0.2, 0.25) is 10.2 Å². The highest BCUT2D eigenvalue weighted by Gasteiger charge is 2.36. The Labute approximate surface area is 136 Å². The highest BCUT2D eigenvalue weighted by molar-refractivity contribution is 6.41. The fourth-order valence-electron chi connectivity index (χ4n) is 2.71. The van der Waals surface area contributed by atoms with E-state index in [-0.39, 0.29) is 40.2 Å². The molecule has 0 radical (unpaired) electrons. The minimum absolute atomic E-state index is 0.197. The molecule has 116 valence electrons. The van der Waals surface area contributed by atoms with Crippen LogP contribution in [0.1, 0.15) is 28.5 Å². The van der Waals surface area contributed by atoms with E-state index in [4.69, 9.17) is 23.2 Å². The van der Waals surface area contributed by atoms with Crippen molar-refractivity contribution < 1.29 is 14.3 Å². The Balaban J connectivity index is 1.90. The molecule has 0 aliphatic carbocycles. The van der Waals surface area contributed by atoms with Gasteiger partial charge in [0, 0.05) is 6.54 Å². The normalized spacial score (nSPS) is 21.4. The van der Waals surface area contributed by atoms with Crippen molar-refractivity contribution in [2.45, 2.75) is 18.6 Å². The number of hydrogen-bond donors (Lipinski definition) is 2. The van der Waals surface area contributed by atoms with Gasteiger partial charge in [-0.3, -0.25) is 4.79 Å². The summed E-state index contributed by atoms with van der Waals surface area (Å²) in [6, 6.07) is 7.05. The Bertz CT molecular complexity index is 683. The highest BCUT2D eigenvalue weighted by atomic mass is 35.5. The summed E-state index contributed by atoms with van der Waals surface area (Å²) in [4.78, 5) is 16.9. The zero-order valence-corrected chi connectivity index (χ0v) is 12.9. The van der Waals surface area contributed by atoms with Crippen molar-refractivity contribution >= 4 is 29.1 Å². The van der Waals surface area contributed by atoms with Crippen LogP contribution in [-0.4, -0.2) is 33.5 Å². The summed E-state index contributed by atoms with van der Waals surface area (Å²) >= 11 is 11.7. The van der Waals surface area contributed by atoms with E-state index < -0.39 is 6.10 Å². The molecular weight excluding hydrogens is 330 g/mol. The van der Waals surface area contributed by atoms with Crippen LogP contribution in [0.4, 0.5) is 4.39 Å².